The first-order valence-electron chi connectivity index (χ1n) is 5.13. The molecule has 0 fully saturated rings. The number of rotatable bonds is 6. The normalized spacial score (nSPS) is 10.4. The van der Waals surface area contributed by atoms with Gasteiger partial charge in [-0.25, -0.2) is 0 Å². The van der Waals surface area contributed by atoms with Crippen molar-refractivity contribution in [3.05, 3.63) is 29.8 Å². The van der Waals surface area contributed by atoms with Crippen molar-refractivity contribution in [2.75, 3.05) is 11.9 Å². The number of halogens is 1. The standard InChI is InChI=1S/C11H15BrN4O/c12-5-2-6-17-10-4-1-3-9(7-10)8-15-16-11(13)14/h1,3-4,7-8H,2,5-6H2,(H4,13,14,16). The Morgan fingerprint density at radius 3 is 2.94 bits per heavy atom. The maximum Gasteiger partial charge on any atom is 0.211 e. The van der Waals surface area contributed by atoms with E-state index in [9.17, 15) is 0 Å². The van der Waals surface area contributed by atoms with Gasteiger partial charge in [0.05, 0.1) is 12.8 Å². The summed E-state index contributed by atoms with van der Waals surface area (Å²) in [6.45, 7) is 0.680. The third-order valence-electron chi connectivity index (χ3n) is 1.78. The number of nitrogens with two attached hydrogens (primary N) is 2. The summed E-state index contributed by atoms with van der Waals surface area (Å²) in [6, 6.07) is 7.55. The molecule has 0 spiro atoms. The Morgan fingerprint density at radius 2 is 2.24 bits per heavy atom. The van der Waals surface area contributed by atoms with Crippen LogP contribution in [0.4, 0.5) is 0 Å². The van der Waals surface area contributed by atoms with Gasteiger partial charge in [0.15, 0.2) is 0 Å². The van der Waals surface area contributed by atoms with Gasteiger partial charge in [0.2, 0.25) is 5.96 Å². The predicted molar refractivity (Wildman–Crippen MR) is 73.8 cm³/mol. The van der Waals surface area contributed by atoms with Crippen LogP contribution in [0.3, 0.4) is 0 Å². The van der Waals surface area contributed by atoms with Gasteiger partial charge in [0, 0.05) is 5.33 Å². The summed E-state index contributed by atoms with van der Waals surface area (Å²) in [6.07, 6.45) is 2.53. The Balaban J connectivity index is 2.59. The van der Waals surface area contributed by atoms with E-state index in [2.05, 4.69) is 26.1 Å². The molecule has 1 rings (SSSR count). The van der Waals surface area contributed by atoms with E-state index in [4.69, 9.17) is 16.2 Å². The molecule has 5 nitrogen and oxygen atoms in total. The van der Waals surface area contributed by atoms with E-state index >= 15 is 0 Å². The number of guanidine groups is 1. The molecule has 0 unspecified atom stereocenters. The summed E-state index contributed by atoms with van der Waals surface area (Å²) < 4.78 is 5.54. The van der Waals surface area contributed by atoms with Gasteiger partial charge in [-0.1, -0.05) is 28.1 Å². The van der Waals surface area contributed by atoms with Gasteiger partial charge < -0.3 is 16.2 Å². The SMILES string of the molecule is NC(N)=NN=Cc1cccc(OCCCBr)c1. The molecule has 17 heavy (non-hydrogen) atoms. The third-order valence-corrected chi connectivity index (χ3v) is 2.35. The van der Waals surface area contributed by atoms with Gasteiger partial charge in [0.1, 0.15) is 5.75 Å². The minimum Gasteiger partial charge on any atom is -0.494 e. The van der Waals surface area contributed by atoms with Gasteiger partial charge in [-0.05, 0) is 24.1 Å². The Kier molecular flexibility index (Phi) is 6.09. The van der Waals surface area contributed by atoms with Gasteiger partial charge >= 0.3 is 0 Å². The summed E-state index contributed by atoms with van der Waals surface area (Å²) >= 11 is 3.35. The number of nitrogens with zero attached hydrogens (tertiary/aromatic N) is 2. The third kappa shape index (κ3) is 5.91. The van der Waals surface area contributed by atoms with Crippen LogP contribution in [0, 0.1) is 0 Å². The zero-order valence-corrected chi connectivity index (χ0v) is 10.9. The second-order valence-electron chi connectivity index (χ2n) is 3.23. The molecule has 4 N–H and O–H groups in total. The summed E-state index contributed by atoms with van der Waals surface area (Å²) in [5.74, 6) is 0.741. The number of alkyl halides is 1. The second kappa shape index (κ2) is 7.67. The van der Waals surface area contributed by atoms with Crippen LogP contribution < -0.4 is 16.2 Å². The number of benzene rings is 1. The molecule has 0 radical (unpaired) electrons. The highest BCUT2D eigenvalue weighted by atomic mass is 79.9. The van der Waals surface area contributed by atoms with Crippen LogP contribution in [0.1, 0.15) is 12.0 Å². The fraction of sp³-hybridized carbons (Fsp3) is 0.273. The molecule has 1 aromatic rings. The minimum absolute atomic E-state index is 0.0639. The molecule has 0 amide bonds. The summed E-state index contributed by atoms with van der Waals surface area (Å²) in [4.78, 5) is 0. The van der Waals surface area contributed by atoms with Crippen molar-refractivity contribution in [2.45, 2.75) is 6.42 Å². The van der Waals surface area contributed by atoms with Crippen molar-refractivity contribution in [1.29, 1.82) is 0 Å². The molecule has 0 atom stereocenters. The van der Waals surface area contributed by atoms with Gasteiger partial charge in [0.25, 0.3) is 0 Å². The van der Waals surface area contributed by atoms with Crippen LogP contribution >= 0.6 is 15.9 Å². The van der Waals surface area contributed by atoms with E-state index in [1.807, 2.05) is 24.3 Å². The van der Waals surface area contributed by atoms with Crippen molar-refractivity contribution in [3.63, 3.8) is 0 Å². The molecule has 0 bridgehead atoms. The zero-order valence-electron chi connectivity index (χ0n) is 9.34. The smallest absolute Gasteiger partial charge is 0.211 e. The largest absolute Gasteiger partial charge is 0.494 e. The molecule has 0 saturated heterocycles. The van der Waals surface area contributed by atoms with Crippen LogP contribution in [-0.4, -0.2) is 24.1 Å². The van der Waals surface area contributed by atoms with Crippen LogP contribution in [0.25, 0.3) is 0 Å². The lowest BCUT2D eigenvalue weighted by atomic mass is 10.2. The second-order valence-corrected chi connectivity index (χ2v) is 4.03. The first kappa shape index (κ1) is 13.5. The quantitative estimate of drug-likeness (QED) is 0.274. The molecule has 1 aromatic carbocycles. The average molecular weight is 299 g/mol. The van der Waals surface area contributed by atoms with Crippen molar-refractivity contribution in [3.8, 4) is 5.75 Å². The zero-order chi connectivity index (χ0) is 12.5. The molecular weight excluding hydrogens is 284 g/mol. The van der Waals surface area contributed by atoms with E-state index in [1.54, 1.807) is 6.21 Å². The average Bonchev–Trinajstić information content (AvgIpc) is 2.29. The Labute approximate surface area is 109 Å². The fourth-order valence-corrected chi connectivity index (χ4v) is 1.32. The molecule has 0 heterocycles. The molecule has 0 saturated carbocycles. The van der Waals surface area contributed by atoms with Crippen molar-refractivity contribution < 1.29 is 4.74 Å². The van der Waals surface area contributed by atoms with Gasteiger partial charge in [-0.3, -0.25) is 0 Å². The molecule has 0 aliphatic heterocycles. The molecule has 0 aliphatic carbocycles. The van der Waals surface area contributed by atoms with E-state index < -0.39 is 0 Å². The molecule has 6 heteroatoms. The van der Waals surface area contributed by atoms with E-state index in [0.717, 1.165) is 23.1 Å². The lowest BCUT2D eigenvalue weighted by molar-refractivity contribution is 0.319. The lowest BCUT2D eigenvalue weighted by Gasteiger charge is -2.04. The lowest BCUT2D eigenvalue weighted by Crippen LogP contribution is -2.21. The maximum absolute atomic E-state index is 5.54. The summed E-state index contributed by atoms with van der Waals surface area (Å²) in [7, 11) is 0. The molecular formula is C11H15BrN4O. The first-order chi connectivity index (χ1) is 8.22. The van der Waals surface area contributed by atoms with Crippen LogP contribution in [0.15, 0.2) is 34.5 Å². The Morgan fingerprint density at radius 1 is 1.41 bits per heavy atom. The summed E-state index contributed by atoms with van der Waals surface area (Å²) in [5.41, 5.74) is 11.2. The highest BCUT2D eigenvalue weighted by Gasteiger charge is 1.94. The number of hydrogen-bond donors (Lipinski definition) is 2. The molecule has 0 aromatic heterocycles. The van der Waals surface area contributed by atoms with E-state index in [-0.39, 0.29) is 5.96 Å². The van der Waals surface area contributed by atoms with Crippen molar-refractivity contribution in [1.82, 2.24) is 0 Å². The number of hydrogen-bond acceptors (Lipinski definition) is 3. The Bertz CT molecular complexity index is 402. The maximum atomic E-state index is 5.54. The topological polar surface area (TPSA) is 86.0 Å². The van der Waals surface area contributed by atoms with Crippen LogP contribution in [0.5, 0.6) is 5.75 Å². The van der Waals surface area contributed by atoms with Crippen LogP contribution in [0.2, 0.25) is 0 Å². The van der Waals surface area contributed by atoms with Crippen molar-refractivity contribution in [2.24, 2.45) is 21.7 Å². The van der Waals surface area contributed by atoms with Crippen molar-refractivity contribution >= 4 is 28.1 Å². The highest BCUT2D eigenvalue weighted by Crippen LogP contribution is 2.12. The van der Waals surface area contributed by atoms with Gasteiger partial charge in [-0.15, -0.1) is 5.10 Å². The minimum atomic E-state index is -0.0639. The van der Waals surface area contributed by atoms with Crippen LogP contribution in [-0.2, 0) is 0 Å². The van der Waals surface area contributed by atoms with Gasteiger partial charge in [-0.2, -0.15) is 5.10 Å². The van der Waals surface area contributed by atoms with E-state index in [0.29, 0.717) is 6.61 Å². The van der Waals surface area contributed by atoms with E-state index in [1.165, 1.54) is 0 Å². The molecule has 0 aliphatic rings. The monoisotopic (exact) mass is 298 g/mol. The first-order valence-corrected chi connectivity index (χ1v) is 6.25. The summed E-state index contributed by atoms with van der Waals surface area (Å²) in [5, 5.41) is 8.18. The fourth-order valence-electron chi connectivity index (χ4n) is 1.09. The number of ether oxygens (including phenoxy) is 1. The highest BCUT2D eigenvalue weighted by molar-refractivity contribution is 9.09. The molecule has 92 valence electrons. The predicted octanol–water partition coefficient (Wildman–Crippen LogP) is 1.46. The Hall–Kier alpha value is -1.56.